The predicted octanol–water partition coefficient (Wildman–Crippen LogP) is 4.19. The lowest BCUT2D eigenvalue weighted by Crippen LogP contribution is -2.44. The second kappa shape index (κ2) is 8.33. The molecule has 0 aromatic carbocycles. The number of H-pyrrole nitrogens is 1. The summed E-state index contributed by atoms with van der Waals surface area (Å²) in [5.41, 5.74) is 1.44. The van der Waals surface area contributed by atoms with E-state index in [1.807, 2.05) is 18.3 Å². The van der Waals surface area contributed by atoms with Gasteiger partial charge in [-0.25, -0.2) is 23.7 Å². The van der Waals surface area contributed by atoms with Crippen molar-refractivity contribution in [3.63, 3.8) is 0 Å². The summed E-state index contributed by atoms with van der Waals surface area (Å²) in [6.07, 6.45) is 5.99. The molecule has 2 N–H and O–H groups in total. The third-order valence-electron chi connectivity index (χ3n) is 7.84. The van der Waals surface area contributed by atoms with Gasteiger partial charge in [-0.15, -0.1) is 0 Å². The van der Waals surface area contributed by atoms with Gasteiger partial charge in [-0.2, -0.15) is 0 Å². The van der Waals surface area contributed by atoms with Crippen molar-refractivity contribution >= 4 is 23.1 Å². The molecular weight excluding hydrogens is 448 g/mol. The number of hydrogen-bond donors (Lipinski definition) is 2. The van der Waals surface area contributed by atoms with Crippen molar-refractivity contribution in [1.82, 2.24) is 25.3 Å². The number of piperazine rings is 1. The minimum atomic E-state index is -2.70. The van der Waals surface area contributed by atoms with E-state index in [0.29, 0.717) is 23.1 Å². The van der Waals surface area contributed by atoms with E-state index in [1.54, 1.807) is 19.2 Å². The van der Waals surface area contributed by atoms with Crippen molar-refractivity contribution in [3.05, 3.63) is 35.8 Å². The van der Waals surface area contributed by atoms with Gasteiger partial charge in [-0.1, -0.05) is 6.92 Å². The Bertz CT molecular complexity index is 1280. The van der Waals surface area contributed by atoms with E-state index >= 15 is 0 Å². The van der Waals surface area contributed by atoms with Crippen LogP contribution in [0.15, 0.2) is 29.4 Å². The molecule has 0 amide bonds. The van der Waals surface area contributed by atoms with E-state index < -0.39 is 11.3 Å². The fourth-order valence-corrected chi connectivity index (χ4v) is 5.03. The Labute approximate surface area is 203 Å². The summed E-state index contributed by atoms with van der Waals surface area (Å²) in [4.78, 5) is 24.2. The van der Waals surface area contributed by atoms with Gasteiger partial charge in [0.2, 0.25) is 0 Å². The Kier molecular flexibility index (Phi) is 5.36. The summed E-state index contributed by atoms with van der Waals surface area (Å²) < 4.78 is 28.1. The summed E-state index contributed by atoms with van der Waals surface area (Å²) in [5, 5.41) is 4.14. The number of hydrogen-bond acceptors (Lipinski definition) is 6. The maximum absolute atomic E-state index is 14.1. The molecule has 3 aromatic rings. The minimum Gasteiger partial charge on any atom is -0.354 e. The van der Waals surface area contributed by atoms with Crippen LogP contribution in [0.5, 0.6) is 0 Å². The van der Waals surface area contributed by atoms with Gasteiger partial charge < -0.3 is 15.2 Å². The summed E-state index contributed by atoms with van der Waals surface area (Å²) in [6, 6.07) is 5.65. The van der Waals surface area contributed by atoms with Crippen LogP contribution in [0.3, 0.4) is 0 Å². The molecule has 1 saturated heterocycles. The first-order valence-corrected chi connectivity index (χ1v) is 12.5. The Balaban J connectivity index is 1.38. The summed E-state index contributed by atoms with van der Waals surface area (Å²) in [5.74, 6) is 0.102. The van der Waals surface area contributed by atoms with Gasteiger partial charge in [-0.3, -0.25) is 4.99 Å². The van der Waals surface area contributed by atoms with Crippen LogP contribution in [-0.4, -0.2) is 64.8 Å². The first-order valence-electron chi connectivity index (χ1n) is 12.5. The SMILES string of the molecule is CC(CN=Cc1cc(N2CCNCC2)nc(-c2ccnc3[nH]c(C4(C)CC4(F)F)cc23)n1)C1CC1. The summed E-state index contributed by atoms with van der Waals surface area (Å²) >= 11 is 0. The molecular formula is C26H31F2N7. The van der Waals surface area contributed by atoms with Crippen LogP contribution in [-0.2, 0) is 5.41 Å². The van der Waals surface area contributed by atoms with Crippen molar-refractivity contribution in [3.8, 4) is 11.4 Å². The molecule has 3 fully saturated rings. The number of nitrogens with zero attached hydrogens (tertiary/aromatic N) is 5. The average molecular weight is 480 g/mol. The third kappa shape index (κ3) is 4.20. The Morgan fingerprint density at radius 1 is 1.23 bits per heavy atom. The molecule has 35 heavy (non-hydrogen) atoms. The normalized spacial score (nSPS) is 24.9. The van der Waals surface area contributed by atoms with Gasteiger partial charge in [0.15, 0.2) is 5.82 Å². The van der Waals surface area contributed by atoms with Crippen molar-refractivity contribution in [2.24, 2.45) is 16.8 Å². The lowest BCUT2D eigenvalue weighted by Gasteiger charge is -2.28. The average Bonchev–Trinajstić information content (AvgIpc) is 3.73. The highest BCUT2D eigenvalue weighted by Crippen LogP contribution is 2.61. The fourth-order valence-electron chi connectivity index (χ4n) is 5.03. The van der Waals surface area contributed by atoms with Crippen molar-refractivity contribution in [2.45, 2.75) is 44.4 Å². The first kappa shape index (κ1) is 22.5. The molecule has 7 nitrogen and oxygen atoms in total. The van der Waals surface area contributed by atoms with Crippen molar-refractivity contribution in [2.75, 3.05) is 37.6 Å². The zero-order chi connectivity index (χ0) is 24.2. The van der Waals surface area contributed by atoms with Crippen LogP contribution in [0.4, 0.5) is 14.6 Å². The van der Waals surface area contributed by atoms with E-state index in [2.05, 4.69) is 27.1 Å². The second-order valence-electron chi connectivity index (χ2n) is 10.5. The van der Waals surface area contributed by atoms with E-state index in [1.165, 1.54) is 12.8 Å². The second-order valence-corrected chi connectivity index (χ2v) is 10.5. The molecule has 184 valence electrons. The van der Waals surface area contributed by atoms with Crippen molar-refractivity contribution in [1.29, 1.82) is 0 Å². The Morgan fingerprint density at radius 3 is 2.71 bits per heavy atom. The van der Waals surface area contributed by atoms with E-state index in [4.69, 9.17) is 15.0 Å². The molecule has 0 spiro atoms. The number of rotatable bonds is 7. The third-order valence-corrected chi connectivity index (χ3v) is 7.84. The highest BCUT2D eigenvalue weighted by Gasteiger charge is 2.69. The van der Waals surface area contributed by atoms with Crippen LogP contribution in [0.25, 0.3) is 22.4 Å². The zero-order valence-electron chi connectivity index (χ0n) is 20.2. The highest BCUT2D eigenvalue weighted by atomic mass is 19.3. The van der Waals surface area contributed by atoms with Crippen LogP contribution in [0, 0.1) is 11.8 Å². The molecule has 2 atom stereocenters. The van der Waals surface area contributed by atoms with Gasteiger partial charge in [0.05, 0.1) is 11.1 Å². The molecule has 9 heteroatoms. The monoisotopic (exact) mass is 479 g/mol. The maximum atomic E-state index is 14.1. The lowest BCUT2D eigenvalue weighted by atomic mass is 10.0. The smallest absolute Gasteiger partial charge is 0.260 e. The van der Waals surface area contributed by atoms with Gasteiger partial charge in [0, 0.05) is 74.3 Å². The Hall–Kier alpha value is -2.94. The number of fused-ring (bicyclic) bond motifs is 1. The van der Waals surface area contributed by atoms with E-state index in [0.717, 1.165) is 61.1 Å². The first-order chi connectivity index (χ1) is 16.8. The Morgan fingerprint density at radius 2 is 2.00 bits per heavy atom. The molecule has 2 unspecified atom stereocenters. The van der Waals surface area contributed by atoms with Crippen LogP contribution >= 0.6 is 0 Å². The summed E-state index contributed by atoms with van der Waals surface area (Å²) in [7, 11) is 0. The van der Waals surface area contributed by atoms with E-state index in [9.17, 15) is 8.78 Å². The number of aromatic nitrogens is 4. The van der Waals surface area contributed by atoms with Gasteiger partial charge >= 0.3 is 0 Å². The molecule has 1 aliphatic heterocycles. The fraction of sp³-hybridized carbons (Fsp3) is 0.538. The standard InChI is InChI=1S/C26H31F2N7/c1-16(17-3-4-17)13-30-14-18-11-22(35-9-7-29-8-10-35)34-24(32-18)19-5-6-31-23-20(19)12-21(33-23)25(2)15-26(25,27)28/h5-6,11-12,14,16-17,29H,3-4,7-10,13,15H2,1-2H3,(H,31,33). The number of aromatic amines is 1. The number of pyridine rings is 1. The molecule has 6 rings (SSSR count). The summed E-state index contributed by atoms with van der Waals surface area (Å²) in [6.45, 7) is 8.16. The molecule has 0 radical (unpaired) electrons. The lowest BCUT2D eigenvalue weighted by molar-refractivity contribution is 0.0912. The molecule has 3 aliphatic rings. The van der Waals surface area contributed by atoms with E-state index in [-0.39, 0.29) is 6.42 Å². The number of halogens is 2. The quantitative estimate of drug-likeness (QED) is 0.497. The molecule has 0 bridgehead atoms. The molecule has 2 saturated carbocycles. The number of alkyl halides is 2. The van der Waals surface area contributed by atoms with Gasteiger partial charge in [0.25, 0.3) is 5.92 Å². The number of nitrogens with one attached hydrogen (secondary N) is 2. The minimum absolute atomic E-state index is 0.156. The van der Waals surface area contributed by atoms with Crippen LogP contribution in [0.1, 0.15) is 44.5 Å². The zero-order valence-corrected chi connectivity index (χ0v) is 20.2. The number of aliphatic imine (C=N–C) groups is 1. The molecule has 4 heterocycles. The van der Waals surface area contributed by atoms with Crippen molar-refractivity contribution < 1.29 is 8.78 Å². The van der Waals surface area contributed by atoms with Gasteiger partial charge in [0.1, 0.15) is 11.5 Å². The molecule has 3 aromatic heterocycles. The molecule has 2 aliphatic carbocycles. The highest BCUT2D eigenvalue weighted by molar-refractivity contribution is 5.92. The predicted molar refractivity (Wildman–Crippen MR) is 133 cm³/mol. The maximum Gasteiger partial charge on any atom is 0.260 e. The number of anilines is 1. The largest absolute Gasteiger partial charge is 0.354 e. The van der Waals surface area contributed by atoms with Gasteiger partial charge in [-0.05, 0) is 43.7 Å². The topological polar surface area (TPSA) is 82.1 Å². The van der Waals surface area contributed by atoms with Crippen LogP contribution in [0.2, 0.25) is 0 Å². The van der Waals surface area contributed by atoms with Crippen LogP contribution < -0.4 is 10.2 Å².